The third-order valence-electron chi connectivity index (χ3n) is 13.7. The molecule has 7 amide bonds. The van der Waals surface area contributed by atoms with E-state index < -0.39 is 83.8 Å². The third kappa shape index (κ3) is 22.8. The highest BCUT2D eigenvalue weighted by molar-refractivity contribution is 8.76. The Morgan fingerprint density at radius 2 is 1.35 bits per heavy atom. The number of hydrogen-bond donors (Lipinski definition) is 10. The molecule has 2 heterocycles. The summed E-state index contributed by atoms with van der Waals surface area (Å²) in [5, 5.41) is 49.0. The number of carbonyl (C=O) groups excluding carboxylic acids is 7. The van der Waals surface area contributed by atoms with Gasteiger partial charge in [-0.2, -0.15) is 0 Å². The molecule has 3 aromatic carbocycles. The fourth-order valence-corrected chi connectivity index (χ4v) is 10.9. The van der Waals surface area contributed by atoms with Gasteiger partial charge in [0.2, 0.25) is 35.4 Å². The SMILES string of the molecule is CCCCN(CCSSc1ccccn1)C(=O)CC[C@@H](C(=O)N[C@@H](Cc1ccc(O)cc1)C(=O)N[C@H](Cc1c[nH]c2ccccc12)C(=O)N[C@@H](CCCCNC(=O)OC(C)(C)C)C(=O)N[C@H](O)[C@@H](C)O)N(C)C(=O)[C@H](Cc1ccccc1)NC. The van der Waals surface area contributed by atoms with Crippen LogP contribution in [0.5, 0.6) is 5.75 Å². The Kier molecular flexibility index (Phi) is 27.8. The number of rotatable bonds is 34. The predicted octanol–water partition coefficient (Wildman–Crippen LogP) is 5.53. The van der Waals surface area contributed by atoms with Crippen LogP contribution in [0.15, 0.2) is 114 Å². The Bertz CT molecular complexity index is 2880. The number of likely N-dealkylation sites (N-methyl/N-ethyl adjacent to an activating group) is 2. The molecule has 7 atom stereocenters. The summed E-state index contributed by atoms with van der Waals surface area (Å²) in [6.07, 6.45) is 1.74. The Morgan fingerprint density at radius 3 is 2.01 bits per heavy atom. The summed E-state index contributed by atoms with van der Waals surface area (Å²) in [5.74, 6) is -3.29. The molecule has 0 aliphatic rings. The average Bonchev–Trinajstić information content (AvgIpc) is 3.90. The molecule has 0 bridgehead atoms. The van der Waals surface area contributed by atoms with Gasteiger partial charge in [0.25, 0.3) is 0 Å². The molecule has 0 aliphatic carbocycles. The van der Waals surface area contributed by atoms with Gasteiger partial charge in [-0.25, -0.2) is 9.78 Å². The number of nitrogens with zero attached hydrogens (tertiary/aromatic N) is 3. The van der Waals surface area contributed by atoms with Crippen LogP contribution in [-0.4, -0.2) is 164 Å². The first-order valence-corrected chi connectivity index (χ1v) is 30.8. The summed E-state index contributed by atoms with van der Waals surface area (Å²) >= 11 is 0. The van der Waals surface area contributed by atoms with E-state index in [9.17, 15) is 39.3 Å². The molecule has 10 N–H and O–H groups in total. The lowest BCUT2D eigenvalue weighted by Gasteiger charge is -2.32. The van der Waals surface area contributed by atoms with Crippen molar-refractivity contribution in [3.8, 4) is 5.75 Å². The van der Waals surface area contributed by atoms with E-state index in [0.29, 0.717) is 36.4 Å². The van der Waals surface area contributed by atoms with Crippen LogP contribution in [0.25, 0.3) is 10.9 Å². The van der Waals surface area contributed by atoms with Crippen LogP contribution in [0.2, 0.25) is 0 Å². The Morgan fingerprint density at radius 1 is 0.714 bits per heavy atom. The maximum Gasteiger partial charge on any atom is 0.407 e. The zero-order valence-corrected chi connectivity index (χ0v) is 50.7. The molecule has 0 fully saturated rings. The number of hydrogen-bond acceptors (Lipinski definition) is 15. The van der Waals surface area contributed by atoms with Crippen LogP contribution in [0.1, 0.15) is 96.3 Å². The molecule has 0 saturated carbocycles. The molecule has 0 radical (unpaired) electrons. The van der Waals surface area contributed by atoms with Gasteiger partial charge >= 0.3 is 6.09 Å². The number of alkyl carbamates (subject to hydrolysis) is 1. The van der Waals surface area contributed by atoms with Gasteiger partial charge in [0, 0.05) is 75.0 Å². The molecule has 5 rings (SSSR count). The van der Waals surface area contributed by atoms with Crippen LogP contribution in [0.4, 0.5) is 4.79 Å². The van der Waals surface area contributed by atoms with E-state index >= 15 is 9.59 Å². The number of pyridine rings is 1. The molecule has 84 heavy (non-hydrogen) atoms. The number of para-hydroxylation sites is 1. The van der Waals surface area contributed by atoms with Crippen LogP contribution in [0.3, 0.4) is 0 Å². The molecule has 0 unspecified atom stereocenters. The van der Waals surface area contributed by atoms with Gasteiger partial charge in [-0.3, -0.25) is 28.8 Å². The number of aromatic nitrogens is 2. The van der Waals surface area contributed by atoms with E-state index in [0.717, 1.165) is 34.3 Å². The number of aromatic amines is 1. The number of aliphatic hydroxyl groups excluding tert-OH is 2. The lowest BCUT2D eigenvalue weighted by atomic mass is 10.00. The Balaban J connectivity index is 1.46. The van der Waals surface area contributed by atoms with E-state index in [1.54, 1.807) is 68.0 Å². The van der Waals surface area contributed by atoms with Gasteiger partial charge in [-0.15, -0.1) is 0 Å². The number of carbonyl (C=O) groups is 7. The number of aliphatic hydroxyl groups is 2. The van der Waals surface area contributed by atoms with Crippen molar-refractivity contribution in [2.24, 2.45) is 0 Å². The topological polar surface area (TPSA) is 297 Å². The molecular formula is C61H84N10O11S2. The monoisotopic (exact) mass is 1200 g/mol. The van der Waals surface area contributed by atoms with Crippen molar-refractivity contribution >= 4 is 74.0 Å². The van der Waals surface area contributed by atoms with Crippen LogP contribution >= 0.6 is 21.6 Å². The second-order valence-corrected chi connectivity index (χ2v) is 24.0. The van der Waals surface area contributed by atoms with E-state index in [4.69, 9.17) is 4.74 Å². The summed E-state index contributed by atoms with van der Waals surface area (Å²) in [6.45, 7) is 9.60. The first-order chi connectivity index (χ1) is 40.2. The number of phenols is 1. The minimum Gasteiger partial charge on any atom is -0.508 e. The first-order valence-electron chi connectivity index (χ1n) is 28.5. The fourth-order valence-electron chi connectivity index (χ4n) is 9.07. The van der Waals surface area contributed by atoms with Crippen LogP contribution < -0.4 is 31.9 Å². The minimum absolute atomic E-state index is 0.00361. The van der Waals surface area contributed by atoms with Crippen molar-refractivity contribution in [2.45, 2.75) is 152 Å². The zero-order chi connectivity index (χ0) is 61.2. The van der Waals surface area contributed by atoms with E-state index in [2.05, 4.69) is 41.9 Å². The molecule has 5 aromatic rings. The molecule has 0 saturated heterocycles. The Hall–Kier alpha value is -7.18. The largest absolute Gasteiger partial charge is 0.508 e. The number of benzene rings is 3. The number of H-pyrrole nitrogens is 1. The molecule has 0 spiro atoms. The van der Waals surface area contributed by atoms with Crippen molar-refractivity contribution < 1.29 is 53.6 Å². The van der Waals surface area contributed by atoms with Crippen molar-refractivity contribution in [1.29, 1.82) is 0 Å². The molecule has 23 heteroatoms. The molecule has 2 aromatic heterocycles. The number of aromatic hydroxyl groups is 1. The zero-order valence-electron chi connectivity index (χ0n) is 49.1. The standard InChI is InChI=1S/C61H84N10O11S2/c1-8-9-33-71(34-35-83-84-52-24-16-18-31-63-52)53(74)30-29-51(70(7)59(80)50(62-6)37-41-19-11-10-12-20-41)58(79)68-48(36-42-25-27-44(73)28-26-42)56(77)67-49(38-43-39-65-46-22-14-13-21-45(43)46)57(78)66-47(55(76)69-54(75)40(2)72)23-15-17-32-64-60(81)82-61(3,4)5/h10-14,16,18-22,24-28,31,39-40,47-51,54,62,65,72-73,75H,8-9,15,17,23,29-30,32-38H2,1-7H3,(H,64,81)(H,66,78)(H,67,77)(H,68,79)(H,69,76)/t40-,47+,48+,49-,50+,51+,54-/m1/s1. The van der Waals surface area contributed by atoms with Crippen LogP contribution in [0, 0.1) is 0 Å². The highest BCUT2D eigenvalue weighted by Crippen LogP contribution is 2.29. The molecule has 0 aliphatic heterocycles. The number of phenolic OH excluding ortho intramolecular Hbond substituents is 1. The third-order valence-corrected chi connectivity index (χ3v) is 16.0. The Labute approximate surface area is 500 Å². The average molecular weight is 1200 g/mol. The van der Waals surface area contributed by atoms with E-state index in [1.165, 1.54) is 41.8 Å². The van der Waals surface area contributed by atoms with Crippen molar-refractivity contribution in [2.75, 3.05) is 39.5 Å². The van der Waals surface area contributed by atoms with Gasteiger partial charge in [-0.05, 0) is 131 Å². The summed E-state index contributed by atoms with van der Waals surface area (Å²) in [7, 11) is 6.22. The number of amides is 7. The molecular weight excluding hydrogens is 1110 g/mol. The first kappa shape index (κ1) is 67.6. The highest BCUT2D eigenvalue weighted by Gasteiger charge is 2.36. The molecule has 456 valence electrons. The van der Waals surface area contributed by atoms with Crippen molar-refractivity contribution in [1.82, 2.24) is 51.7 Å². The van der Waals surface area contributed by atoms with Gasteiger partial charge in [0.1, 0.15) is 40.5 Å². The number of ether oxygens (including phenoxy) is 1. The normalized spacial score (nSPS) is 13.9. The second-order valence-electron chi connectivity index (χ2n) is 21.6. The van der Waals surface area contributed by atoms with E-state index in [-0.39, 0.29) is 63.1 Å². The van der Waals surface area contributed by atoms with Gasteiger partial charge in [-0.1, -0.05) is 90.9 Å². The summed E-state index contributed by atoms with van der Waals surface area (Å²) < 4.78 is 5.32. The number of nitrogens with one attached hydrogen (secondary N) is 7. The van der Waals surface area contributed by atoms with Gasteiger partial charge in [0.15, 0.2) is 6.23 Å². The van der Waals surface area contributed by atoms with Gasteiger partial charge < -0.3 is 66.7 Å². The highest BCUT2D eigenvalue weighted by atomic mass is 33.1. The lowest BCUT2D eigenvalue weighted by Crippen LogP contribution is -2.60. The summed E-state index contributed by atoms with van der Waals surface area (Å²) in [4.78, 5) is 111. The fraction of sp³-hybridized carbons (Fsp3) is 0.475. The van der Waals surface area contributed by atoms with Crippen molar-refractivity contribution in [3.63, 3.8) is 0 Å². The second kappa shape index (κ2) is 34.6. The summed E-state index contributed by atoms with van der Waals surface area (Å²) in [5.41, 5.74) is 2.03. The quantitative estimate of drug-likeness (QED) is 0.0138. The maximum absolute atomic E-state index is 15.2. The van der Waals surface area contributed by atoms with Crippen LogP contribution in [-0.2, 0) is 52.8 Å². The smallest absolute Gasteiger partial charge is 0.407 e. The molecule has 21 nitrogen and oxygen atoms in total. The number of unbranched alkanes of at least 4 members (excludes halogenated alkanes) is 2. The lowest BCUT2D eigenvalue weighted by molar-refractivity contribution is -0.142. The predicted molar refractivity (Wildman–Crippen MR) is 326 cm³/mol. The van der Waals surface area contributed by atoms with E-state index in [1.807, 2.05) is 79.7 Å². The minimum atomic E-state index is -1.69. The number of fused-ring (bicyclic) bond motifs is 1. The summed E-state index contributed by atoms with van der Waals surface area (Å²) in [6, 6.07) is 22.2. The van der Waals surface area contributed by atoms with Gasteiger partial charge in [0.05, 0.1) is 12.1 Å². The van der Waals surface area contributed by atoms with Crippen molar-refractivity contribution in [3.05, 3.63) is 126 Å². The maximum atomic E-state index is 15.2.